The van der Waals surface area contributed by atoms with E-state index in [1.54, 1.807) is 0 Å². The highest BCUT2D eigenvalue weighted by Crippen LogP contribution is 2.39. The van der Waals surface area contributed by atoms with Crippen LogP contribution in [-0.4, -0.2) is 4.98 Å². The van der Waals surface area contributed by atoms with Gasteiger partial charge in [-0.3, -0.25) is 0 Å². The van der Waals surface area contributed by atoms with Crippen LogP contribution >= 0.6 is 11.3 Å². The summed E-state index contributed by atoms with van der Waals surface area (Å²) in [5.74, 6) is 0. The van der Waals surface area contributed by atoms with Crippen molar-refractivity contribution in [2.45, 2.75) is 0 Å². The number of thiophene rings is 1. The van der Waals surface area contributed by atoms with Gasteiger partial charge in [0.25, 0.3) is 0 Å². The summed E-state index contributed by atoms with van der Waals surface area (Å²) in [5, 5.41) is 10.3. The van der Waals surface area contributed by atoms with Gasteiger partial charge in [-0.05, 0) is 40.1 Å². The smallest absolute Gasteiger partial charge is 0.0544 e. The number of H-pyrrole nitrogens is 1. The molecule has 0 aliphatic rings. The van der Waals surface area contributed by atoms with Crippen molar-refractivity contribution in [3.63, 3.8) is 0 Å². The van der Waals surface area contributed by atoms with E-state index in [1.807, 2.05) is 11.3 Å². The van der Waals surface area contributed by atoms with E-state index in [0.29, 0.717) is 0 Å². The van der Waals surface area contributed by atoms with Crippen molar-refractivity contribution in [1.29, 1.82) is 0 Å². The number of aromatic amines is 1. The Morgan fingerprint density at radius 3 is 1.88 bits per heavy atom. The van der Waals surface area contributed by atoms with E-state index >= 15 is 0 Å². The Kier molecular flexibility index (Phi) is 3.60. The first kappa shape index (κ1) is 18.3. The van der Waals surface area contributed by atoms with Crippen LogP contribution in [0, 0.1) is 0 Å². The SMILES string of the molecule is c1ccc2c(c1)ccc1c3ccc4ccc(-c5ccc6c(c5)sc5ccccc56)cc4c3[nH]c21. The molecule has 8 aromatic rings. The van der Waals surface area contributed by atoms with Crippen molar-refractivity contribution in [1.82, 2.24) is 4.98 Å². The summed E-state index contributed by atoms with van der Waals surface area (Å²) in [6, 6.07) is 40.0. The Bertz CT molecular complexity index is 2070. The van der Waals surface area contributed by atoms with Crippen molar-refractivity contribution in [2.75, 3.05) is 0 Å². The monoisotopic (exact) mass is 449 g/mol. The molecule has 0 saturated heterocycles. The lowest BCUT2D eigenvalue weighted by molar-refractivity contribution is 1.58. The molecule has 34 heavy (non-hydrogen) atoms. The lowest BCUT2D eigenvalue weighted by Gasteiger charge is -2.06. The Balaban J connectivity index is 1.39. The topological polar surface area (TPSA) is 15.8 Å². The van der Waals surface area contributed by atoms with Gasteiger partial charge in [0, 0.05) is 41.7 Å². The molecule has 2 heterocycles. The maximum Gasteiger partial charge on any atom is 0.0544 e. The number of benzene rings is 6. The lowest BCUT2D eigenvalue weighted by atomic mass is 9.98. The van der Waals surface area contributed by atoms with E-state index in [0.717, 1.165) is 0 Å². The molecule has 0 bridgehead atoms. The van der Waals surface area contributed by atoms with Crippen LogP contribution in [0.25, 0.3) is 74.6 Å². The third kappa shape index (κ3) is 2.49. The summed E-state index contributed by atoms with van der Waals surface area (Å²) >= 11 is 1.87. The molecule has 0 unspecified atom stereocenters. The van der Waals surface area contributed by atoms with Crippen LogP contribution < -0.4 is 0 Å². The Hall–Kier alpha value is -4.14. The second-order valence-electron chi connectivity index (χ2n) is 9.07. The van der Waals surface area contributed by atoms with Gasteiger partial charge >= 0.3 is 0 Å². The van der Waals surface area contributed by atoms with Crippen LogP contribution in [0.2, 0.25) is 0 Å². The van der Waals surface area contributed by atoms with Crippen LogP contribution in [0.5, 0.6) is 0 Å². The molecule has 0 fully saturated rings. The summed E-state index contributed by atoms with van der Waals surface area (Å²) in [6.45, 7) is 0. The zero-order chi connectivity index (χ0) is 22.2. The van der Waals surface area contributed by atoms with Crippen LogP contribution in [0.4, 0.5) is 0 Å². The summed E-state index contributed by atoms with van der Waals surface area (Å²) in [4.78, 5) is 3.79. The quantitative estimate of drug-likeness (QED) is 0.257. The first-order chi connectivity index (χ1) is 16.8. The van der Waals surface area contributed by atoms with E-state index < -0.39 is 0 Å². The van der Waals surface area contributed by atoms with Crippen LogP contribution in [0.1, 0.15) is 0 Å². The van der Waals surface area contributed by atoms with Crippen LogP contribution in [0.3, 0.4) is 0 Å². The minimum atomic E-state index is 1.22. The fraction of sp³-hybridized carbons (Fsp3) is 0. The van der Waals surface area contributed by atoms with E-state index in [4.69, 9.17) is 0 Å². The number of hydrogen-bond donors (Lipinski definition) is 1. The van der Waals surface area contributed by atoms with Gasteiger partial charge in [0.05, 0.1) is 11.0 Å². The molecule has 0 atom stereocenters. The number of aromatic nitrogens is 1. The van der Waals surface area contributed by atoms with Gasteiger partial charge in [-0.1, -0.05) is 91.0 Å². The molecule has 1 N–H and O–H groups in total. The van der Waals surface area contributed by atoms with Gasteiger partial charge < -0.3 is 4.98 Å². The number of nitrogens with one attached hydrogen (secondary N) is 1. The van der Waals surface area contributed by atoms with E-state index in [2.05, 4.69) is 114 Å². The van der Waals surface area contributed by atoms with Gasteiger partial charge in [-0.15, -0.1) is 11.3 Å². The molecule has 0 saturated carbocycles. The van der Waals surface area contributed by atoms with Crippen LogP contribution in [-0.2, 0) is 0 Å². The van der Waals surface area contributed by atoms with Gasteiger partial charge in [0.15, 0.2) is 0 Å². The molecule has 0 aliphatic carbocycles. The zero-order valence-electron chi connectivity index (χ0n) is 18.3. The molecule has 2 heteroatoms. The molecule has 0 spiro atoms. The molecule has 0 radical (unpaired) electrons. The average molecular weight is 450 g/mol. The Morgan fingerprint density at radius 1 is 0.412 bits per heavy atom. The van der Waals surface area contributed by atoms with Crippen molar-refractivity contribution >= 4 is 74.9 Å². The first-order valence-electron chi connectivity index (χ1n) is 11.6. The Labute approximate surface area is 199 Å². The number of fused-ring (bicyclic) bond motifs is 10. The number of rotatable bonds is 1. The lowest BCUT2D eigenvalue weighted by Crippen LogP contribution is -1.81. The first-order valence-corrected chi connectivity index (χ1v) is 12.4. The normalized spacial score (nSPS) is 12.1. The van der Waals surface area contributed by atoms with Crippen molar-refractivity contribution in [3.05, 3.63) is 109 Å². The molecule has 158 valence electrons. The van der Waals surface area contributed by atoms with E-state index in [9.17, 15) is 0 Å². The molecule has 6 aromatic carbocycles. The fourth-order valence-corrected chi connectivity index (χ4v) is 6.66. The van der Waals surface area contributed by atoms with Gasteiger partial charge in [-0.2, -0.15) is 0 Å². The molecular formula is C32H19NS. The van der Waals surface area contributed by atoms with E-state index in [-0.39, 0.29) is 0 Å². The summed E-state index contributed by atoms with van der Waals surface area (Å²) in [7, 11) is 0. The number of hydrogen-bond acceptors (Lipinski definition) is 1. The average Bonchev–Trinajstić information content (AvgIpc) is 3.46. The predicted octanol–water partition coefficient (Wildman–Crippen LogP) is 9.66. The standard InChI is InChI=1S/C32H19NS/c1-2-6-23-19(5-1)11-15-26-27-16-12-20-9-10-21(17-28(20)32(27)33-31(23)26)22-13-14-25-24-7-3-4-8-29(24)34-30(25)18-22/h1-18,33H. The maximum atomic E-state index is 3.79. The highest BCUT2D eigenvalue weighted by Gasteiger charge is 2.12. The van der Waals surface area contributed by atoms with Crippen LogP contribution in [0.15, 0.2) is 109 Å². The highest BCUT2D eigenvalue weighted by molar-refractivity contribution is 7.25. The molecule has 8 rings (SSSR count). The van der Waals surface area contributed by atoms with Crippen molar-refractivity contribution in [2.24, 2.45) is 0 Å². The summed E-state index contributed by atoms with van der Waals surface area (Å²) < 4.78 is 2.69. The summed E-state index contributed by atoms with van der Waals surface area (Å²) in [5.41, 5.74) is 4.95. The molecular weight excluding hydrogens is 430 g/mol. The predicted molar refractivity (Wildman–Crippen MR) is 149 cm³/mol. The largest absolute Gasteiger partial charge is 0.353 e. The van der Waals surface area contributed by atoms with E-state index in [1.165, 1.54) is 74.6 Å². The molecule has 2 aromatic heterocycles. The minimum absolute atomic E-state index is 1.22. The van der Waals surface area contributed by atoms with Gasteiger partial charge in [-0.25, -0.2) is 0 Å². The second-order valence-corrected chi connectivity index (χ2v) is 10.2. The van der Waals surface area contributed by atoms with Gasteiger partial charge in [0.1, 0.15) is 0 Å². The summed E-state index contributed by atoms with van der Waals surface area (Å²) in [6.07, 6.45) is 0. The third-order valence-corrected chi connectivity index (χ3v) is 8.34. The minimum Gasteiger partial charge on any atom is -0.353 e. The van der Waals surface area contributed by atoms with Gasteiger partial charge in [0.2, 0.25) is 0 Å². The van der Waals surface area contributed by atoms with Crippen molar-refractivity contribution in [3.8, 4) is 11.1 Å². The highest BCUT2D eigenvalue weighted by atomic mass is 32.1. The molecule has 0 aliphatic heterocycles. The molecule has 1 nitrogen and oxygen atoms in total. The third-order valence-electron chi connectivity index (χ3n) is 7.20. The maximum absolute atomic E-state index is 3.79. The fourth-order valence-electron chi connectivity index (χ4n) is 5.52. The second kappa shape index (κ2) is 6.69. The Morgan fingerprint density at radius 2 is 1.00 bits per heavy atom. The zero-order valence-corrected chi connectivity index (χ0v) is 19.1. The molecule has 0 amide bonds. The van der Waals surface area contributed by atoms with Crippen molar-refractivity contribution < 1.29 is 0 Å².